The molecule has 0 saturated carbocycles. The van der Waals surface area contributed by atoms with Crippen molar-refractivity contribution in [3.05, 3.63) is 59.7 Å². The summed E-state index contributed by atoms with van der Waals surface area (Å²) in [5.41, 5.74) is 1.04. The van der Waals surface area contributed by atoms with E-state index in [4.69, 9.17) is 9.47 Å². The molecule has 2 aromatic carbocycles. The molecule has 1 aliphatic rings. The van der Waals surface area contributed by atoms with Crippen LogP contribution in [-0.4, -0.2) is 37.8 Å². The molecule has 0 unspecified atom stereocenters. The number of rotatable bonds is 7. The highest BCUT2D eigenvalue weighted by Gasteiger charge is 2.38. The minimum absolute atomic E-state index is 0.0812. The third-order valence-electron chi connectivity index (χ3n) is 4.79. The van der Waals surface area contributed by atoms with Gasteiger partial charge in [-0.05, 0) is 48.4 Å². The van der Waals surface area contributed by atoms with Crippen molar-refractivity contribution in [1.29, 1.82) is 0 Å². The van der Waals surface area contributed by atoms with Gasteiger partial charge in [0, 0.05) is 11.5 Å². The van der Waals surface area contributed by atoms with Gasteiger partial charge < -0.3 is 9.47 Å². The first-order valence-corrected chi connectivity index (χ1v) is 8.91. The van der Waals surface area contributed by atoms with Crippen LogP contribution >= 0.6 is 0 Å². The van der Waals surface area contributed by atoms with Crippen molar-refractivity contribution in [3.8, 4) is 11.5 Å². The fourth-order valence-electron chi connectivity index (χ4n) is 3.19. The molecule has 29 heavy (non-hydrogen) atoms. The smallest absolute Gasteiger partial charge is 0.328 e. The number of imide groups is 2. The molecule has 4 amide bonds. The van der Waals surface area contributed by atoms with E-state index in [9.17, 15) is 19.2 Å². The average molecular weight is 396 g/mol. The van der Waals surface area contributed by atoms with E-state index in [0.29, 0.717) is 22.6 Å². The first kappa shape index (κ1) is 20.1. The van der Waals surface area contributed by atoms with Crippen LogP contribution in [0.2, 0.25) is 0 Å². The van der Waals surface area contributed by atoms with Crippen LogP contribution in [0.25, 0.3) is 0 Å². The number of hydrogen-bond acceptors (Lipinski definition) is 6. The molecule has 2 N–H and O–H groups in total. The Hall–Kier alpha value is -3.68. The van der Waals surface area contributed by atoms with Gasteiger partial charge in [-0.1, -0.05) is 12.1 Å². The number of carbonyl (C=O) groups excluding carboxylic acids is 4. The van der Waals surface area contributed by atoms with Gasteiger partial charge in [-0.2, -0.15) is 0 Å². The topological polar surface area (TPSA) is 111 Å². The second-order valence-electron chi connectivity index (χ2n) is 6.51. The van der Waals surface area contributed by atoms with Gasteiger partial charge in [0.2, 0.25) is 11.8 Å². The number of ether oxygens (including phenoxy) is 2. The minimum Gasteiger partial charge on any atom is -0.497 e. The molecule has 3 rings (SSSR count). The first-order valence-electron chi connectivity index (χ1n) is 8.91. The normalized spacial score (nSPS) is 15.3. The molecule has 0 aliphatic carbocycles. The summed E-state index contributed by atoms with van der Waals surface area (Å²) in [7, 11) is 3.06. The molecule has 2 aromatic rings. The molecule has 0 bridgehead atoms. The monoisotopic (exact) mass is 396 g/mol. The first-order chi connectivity index (χ1) is 13.9. The number of amides is 4. The molecule has 1 saturated heterocycles. The van der Waals surface area contributed by atoms with Gasteiger partial charge in [0.05, 0.1) is 14.2 Å². The number of nitrogens with one attached hydrogen (secondary N) is 2. The highest BCUT2D eigenvalue weighted by atomic mass is 16.5. The maximum Gasteiger partial charge on any atom is 0.328 e. The Morgan fingerprint density at radius 1 is 0.862 bits per heavy atom. The van der Waals surface area contributed by atoms with Gasteiger partial charge in [-0.15, -0.1) is 0 Å². The van der Waals surface area contributed by atoms with Crippen LogP contribution in [0.5, 0.6) is 11.5 Å². The lowest BCUT2D eigenvalue weighted by Crippen LogP contribution is -2.56. The van der Waals surface area contributed by atoms with Crippen molar-refractivity contribution in [3.63, 3.8) is 0 Å². The molecule has 0 radical (unpaired) electrons. The van der Waals surface area contributed by atoms with Gasteiger partial charge in [0.1, 0.15) is 17.4 Å². The molecule has 0 spiro atoms. The molecular weight excluding hydrogens is 376 g/mol. The maximum atomic E-state index is 13.2. The number of ketones is 1. The summed E-state index contributed by atoms with van der Waals surface area (Å²) in [5, 5.41) is 4.14. The van der Waals surface area contributed by atoms with E-state index in [-0.39, 0.29) is 12.2 Å². The second-order valence-corrected chi connectivity index (χ2v) is 6.51. The Bertz CT molecular complexity index is 917. The molecule has 150 valence electrons. The molecule has 1 atom stereocenters. The van der Waals surface area contributed by atoms with Crippen molar-refractivity contribution < 1.29 is 28.7 Å². The van der Waals surface area contributed by atoms with Crippen LogP contribution in [0.1, 0.15) is 28.3 Å². The maximum absolute atomic E-state index is 13.2. The summed E-state index contributed by atoms with van der Waals surface area (Å²) in [6.45, 7) is 0. The van der Waals surface area contributed by atoms with Crippen molar-refractivity contribution in [2.24, 2.45) is 5.92 Å². The van der Waals surface area contributed by atoms with E-state index in [1.807, 2.05) is 0 Å². The summed E-state index contributed by atoms with van der Waals surface area (Å²) in [6.07, 6.45) is -0.0812. The Morgan fingerprint density at radius 2 is 1.34 bits per heavy atom. The number of Topliss-reactive ketones (excluding diaryl/α,β-unsaturated/α-hetero) is 1. The lowest BCUT2D eigenvalue weighted by Gasteiger charge is -2.25. The molecular formula is C21H20N2O6. The molecule has 8 nitrogen and oxygen atoms in total. The fourth-order valence-corrected chi connectivity index (χ4v) is 3.19. The van der Waals surface area contributed by atoms with E-state index in [0.717, 1.165) is 0 Å². The molecule has 1 fully saturated rings. The Labute approximate surface area is 167 Å². The highest BCUT2D eigenvalue weighted by molar-refractivity contribution is 6.16. The SMILES string of the molecule is COc1ccc(C(=O)[C@H](CC2C(=O)NC(=O)NC2=O)c2ccc(OC)cc2)cc1. The third kappa shape index (κ3) is 4.43. The number of hydrogen-bond donors (Lipinski definition) is 2. The van der Waals surface area contributed by atoms with E-state index in [1.54, 1.807) is 48.5 Å². The van der Waals surface area contributed by atoms with Crippen LogP contribution in [-0.2, 0) is 9.59 Å². The van der Waals surface area contributed by atoms with Crippen molar-refractivity contribution in [2.45, 2.75) is 12.3 Å². The summed E-state index contributed by atoms with van der Waals surface area (Å²) in [5.74, 6) is -2.42. The average Bonchev–Trinajstić information content (AvgIpc) is 2.73. The van der Waals surface area contributed by atoms with Gasteiger partial charge in [-0.3, -0.25) is 25.0 Å². The number of benzene rings is 2. The van der Waals surface area contributed by atoms with Crippen LogP contribution in [0.3, 0.4) is 0 Å². The lowest BCUT2D eigenvalue weighted by molar-refractivity contribution is -0.136. The standard InChI is InChI=1S/C21H20N2O6/c1-28-14-7-3-12(4-8-14)16(11-17-19(25)22-21(27)23-20(17)26)18(24)13-5-9-15(29-2)10-6-13/h3-10,16-17H,11H2,1-2H3,(H2,22,23,25,26,27)/t16-/m1/s1. The van der Waals surface area contributed by atoms with Gasteiger partial charge in [-0.25, -0.2) is 4.79 Å². The molecule has 8 heteroatoms. The van der Waals surface area contributed by atoms with E-state index >= 15 is 0 Å². The van der Waals surface area contributed by atoms with E-state index in [2.05, 4.69) is 10.6 Å². The summed E-state index contributed by atoms with van der Waals surface area (Å²) in [4.78, 5) is 48.9. The van der Waals surface area contributed by atoms with Crippen LogP contribution < -0.4 is 20.1 Å². The van der Waals surface area contributed by atoms with Crippen molar-refractivity contribution in [1.82, 2.24) is 10.6 Å². The van der Waals surface area contributed by atoms with Crippen molar-refractivity contribution in [2.75, 3.05) is 14.2 Å². The van der Waals surface area contributed by atoms with Crippen LogP contribution in [0, 0.1) is 5.92 Å². The van der Waals surface area contributed by atoms with Crippen LogP contribution in [0.15, 0.2) is 48.5 Å². The Balaban J connectivity index is 1.94. The zero-order valence-corrected chi connectivity index (χ0v) is 15.9. The predicted molar refractivity (Wildman–Crippen MR) is 103 cm³/mol. The lowest BCUT2D eigenvalue weighted by atomic mass is 9.82. The largest absolute Gasteiger partial charge is 0.497 e. The molecule has 1 heterocycles. The highest BCUT2D eigenvalue weighted by Crippen LogP contribution is 2.30. The van der Waals surface area contributed by atoms with E-state index in [1.165, 1.54) is 14.2 Å². The number of barbiturate groups is 1. The van der Waals surface area contributed by atoms with Crippen molar-refractivity contribution >= 4 is 23.6 Å². The van der Waals surface area contributed by atoms with Gasteiger partial charge >= 0.3 is 6.03 Å². The molecule has 1 aliphatic heterocycles. The number of carbonyl (C=O) groups is 4. The minimum atomic E-state index is -1.16. The summed E-state index contributed by atoms with van der Waals surface area (Å²) < 4.78 is 10.3. The number of methoxy groups -OCH3 is 2. The van der Waals surface area contributed by atoms with Crippen LogP contribution in [0.4, 0.5) is 4.79 Å². The second kappa shape index (κ2) is 8.55. The van der Waals surface area contributed by atoms with Gasteiger partial charge in [0.25, 0.3) is 0 Å². The Morgan fingerprint density at radius 3 is 1.83 bits per heavy atom. The third-order valence-corrected chi connectivity index (χ3v) is 4.79. The summed E-state index contributed by atoms with van der Waals surface area (Å²) >= 11 is 0. The zero-order valence-electron chi connectivity index (χ0n) is 15.9. The van der Waals surface area contributed by atoms with Gasteiger partial charge in [0.15, 0.2) is 5.78 Å². The fraction of sp³-hybridized carbons (Fsp3) is 0.238. The zero-order chi connectivity index (χ0) is 21.0. The number of urea groups is 1. The summed E-state index contributed by atoms with van der Waals surface area (Å²) in [6, 6.07) is 12.6. The van der Waals surface area contributed by atoms with E-state index < -0.39 is 29.7 Å². The quantitative estimate of drug-likeness (QED) is 0.547. The molecule has 0 aromatic heterocycles. The Kier molecular flexibility index (Phi) is 5.92. The predicted octanol–water partition coefficient (Wildman–Crippen LogP) is 2.04.